The van der Waals surface area contributed by atoms with E-state index in [0.717, 1.165) is 29.4 Å². The molecule has 0 radical (unpaired) electrons. The van der Waals surface area contributed by atoms with E-state index in [1.54, 1.807) is 6.20 Å². The second-order valence-corrected chi connectivity index (χ2v) is 4.52. The van der Waals surface area contributed by atoms with E-state index in [1.807, 2.05) is 30.3 Å². The Hall–Kier alpha value is -1.94. The van der Waals surface area contributed by atoms with Crippen LogP contribution in [0.5, 0.6) is 0 Å². The summed E-state index contributed by atoms with van der Waals surface area (Å²) >= 11 is 0. The van der Waals surface area contributed by atoms with Crippen molar-refractivity contribution in [2.75, 3.05) is 5.32 Å². The molecule has 0 atom stereocenters. The van der Waals surface area contributed by atoms with Gasteiger partial charge in [0.05, 0.1) is 11.1 Å². The molecule has 1 heterocycles. The molecule has 2 aromatic rings. The molecular weight excluding hydrogens is 214 g/mol. The van der Waals surface area contributed by atoms with E-state index in [0.29, 0.717) is 0 Å². The van der Waals surface area contributed by atoms with Crippen LogP contribution >= 0.6 is 0 Å². The number of aromatic nitrogens is 1. The molecule has 17 heavy (non-hydrogen) atoms. The molecule has 3 N–H and O–H groups in total. The van der Waals surface area contributed by atoms with Gasteiger partial charge in [-0.25, -0.2) is 0 Å². The second kappa shape index (κ2) is 3.53. The fraction of sp³-hybridized carbons (Fsp3) is 0.231. The summed E-state index contributed by atoms with van der Waals surface area (Å²) in [5.41, 5.74) is 6.88. The molecule has 86 valence electrons. The first-order valence-electron chi connectivity index (χ1n) is 5.63. The number of hydrogen-bond acceptors (Lipinski definition) is 3. The average Bonchev–Trinajstić information content (AvgIpc) is 3.09. The number of rotatable bonds is 2. The van der Waals surface area contributed by atoms with Crippen LogP contribution in [0.2, 0.25) is 0 Å². The van der Waals surface area contributed by atoms with Gasteiger partial charge in [-0.05, 0) is 37.1 Å². The standard InChI is InChI=1S/C13H13N3O/c14-13(5-6-13)12(17)16-10-3-4-11-9(8-10)2-1-7-15-11/h1-4,7-8H,5-6,14H2,(H,16,17). The topological polar surface area (TPSA) is 68.0 Å². The van der Waals surface area contributed by atoms with Gasteiger partial charge in [0, 0.05) is 17.3 Å². The number of fused-ring (bicyclic) bond motifs is 1. The molecule has 0 unspecified atom stereocenters. The zero-order valence-corrected chi connectivity index (χ0v) is 9.31. The Labute approximate surface area is 98.8 Å². The van der Waals surface area contributed by atoms with Crippen molar-refractivity contribution in [2.24, 2.45) is 5.73 Å². The third-order valence-corrected chi connectivity index (χ3v) is 3.10. The molecule has 1 amide bonds. The predicted molar refractivity (Wildman–Crippen MR) is 66.5 cm³/mol. The summed E-state index contributed by atoms with van der Waals surface area (Å²) in [6, 6.07) is 9.48. The molecule has 0 spiro atoms. The van der Waals surface area contributed by atoms with Crippen molar-refractivity contribution in [2.45, 2.75) is 18.4 Å². The number of nitrogens with one attached hydrogen (secondary N) is 1. The van der Waals surface area contributed by atoms with Crippen molar-refractivity contribution in [3.05, 3.63) is 36.5 Å². The Morgan fingerprint density at radius 1 is 1.35 bits per heavy atom. The van der Waals surface area contributed by atoms with Crippen LogP contribution in [0.1, 0.15) is 12.8 Å². The first-order valence-corrected chi connectivity index (χ1v) is 5.63. The SMILES string of the molecule is NC1(C(=O)Nc2ccc3ncccc3c2)CC1. The highest BCUT2D eigenvalue weighted by molar-refractivity contribution is 6.01. The molecule has 0 bridgehead atoms. The van der Waals surface area contributed by atoms with Crippen LogP contribution in [0.3, 0.4) is 0 Å². The molecule has 0 aliphatic heterocycles. The van der Waals surface area contributed by atoms with E-state index in [1.165, 1.54) is 0 Å². The van der Waals surface area contributed by atoms with Crippen molar-refractivity contribution in [1.29, 1.82) is 0 Å². The summed E-state index contributed by atoms with van der Waals surface area (Å²) in [4.78, 5) is 16.0. The lowest BCUT2D eigenvalue weighted by Gasteiger charge is -2.10. The van der Waals surface area contributed by atoms with Crippen LogP contribution in [0.15, 0.2) is 36.5 Å². The van der Waals surface area contributed by atoms with E-state index < -0.39 is 5.54 Å². The third-order valence-electron chi connectivity index (χ3n) is 3.10. The summed E-state index contributed by atoms with van der Waals surface area (Å²) in [6.45, 7) is 0. The van der Waals surface area contributed by atoms with Gasteiger partial charge < -0.3 is 11.1 Å². The fourth-order valence-electron chi connectivity index (χ4n) is 1.77. The van der Waals surface area contributed by atoms with Crippen molar-refractivity contribution < 1.29 is 4.79 Å². The van der Waals surface area contributed by atoms with E-state index in [9.17, 15) is 4.79 Å². The van der Waals surface area contributed by atoms with Gasteiger partial charge in [0.1, 0.15) is 0 Å². The van der Waals surface area contributed by atoms with Crippen LogP contribution in [0.25, 0.3) is 10.9 Å². The maximum atomic E-state index is 11.8. The number of nitrogens with two attached hydrogens (primary N) is 1. The zero-order valence-electron chi connectivity index (χ0n) is 9.31. The monoisotopic (exact) mass is 227 g/mol. The van der Waals surface area contributed by atoms with Crippen LogP contribution in [-0.4, -0.2) is 16.4 Å². The minimum Gasteiger partial charge on any atom is -0.324 e. The maximum absolute atomic E-state index is 11.8. The number of pyridine rings is 1. The number of nitrogens with zero attached hydrogens (tertiary/aromatic N) is 1. The van der Waals surface area contributed by atoms with Gasteiger partial charge in [-0.3, -0.25) is 9.78 Å². The second-order valence-electron chi connectivity index (χ2n) is 4.52. The number of carbonyl (C=O) groups excluding carboxylic acids is 1. The maximum Gasteiger partial charge on any atom is 0.244 e. The molecule has 1 aliphatic carbocycles. The summed E-state index contributed by atoms with van der Waals surface area (Å²) in [5, 5.41) is 3.85. The van der Waals surface area contributed by atoms with Crippen molar-refractivity contribution in [1.82, 2.24) is 4.98 Å². The molecule has 1 aliphatic rings. The smallest absolute Gasteiger partial charge is 0.244 e. The number of hydrogen-bond donors (Lipinski definition) is 2. The summed E-state index contributed by atoms with van der Waals surface area (Å²) in [5.74, 6) is -0.0965. The van der Waals surface area contributed by atoms with Crippen molar-refractivity contribution in [3.63, 3.8) is 0 Å². The molecule has 3 rings (SSSR count). The average molecular weight is 227 g/mol. The Bertz CT molecular complexity index is 590. The predicted octanol–water partition coefficient (Wildman–Crippen LogP) is 1.66. The summed E-state index contributed by atoms with van der Waals surface area (Å²) < 4.78 is 0. The van der Waals surface area contributed by atoms with E-state index in [-0.39, 0.29) is 5.91 Å². The van der Waals surface area contributed by atoms with Gasteiger partial charge in [0.25, 0.3) is 0 Å². The Morgan fingerprint density at radius 2 is 2.18 bits per heavy atom. The summed E-state index contributed by atoms with van der Waals surface area (Å²) in [7, 11) is 0. The highest BCUT2D eigenvalue weighted by atomic mass is 16.2. The minimum absolute atomic E-state index is 0.0965. The van der Waals surface area contributed by atoms with Gasteiger partial charge >= 0.3 is 0 Å². The Kier molecular flexibility index (Phi) is 2.12. The highest BCUT2D eigenvalue weighted by Gasteiger charge is 2.45. The molecular formula is C13H13N3O. The zero-order chi connectivity index (χ0) is 11.9. The van der Waals surface area contributed by atoms with Crippen molar-refractivity contribution >= 4 is 22.5 Å². The van der Waals surface area contributed by atoms with Crippen LogP contribution < -0.4 is 11.1 Å². The van der Waals surface area contributed by atoms with Crippen molar-refractivity contribution in [3.8, 4) is 0 Å². The van der Waals surface area contributed by atoms with E-state index in [4.69, 9.17) is 5.73 Å². The number of amides is 1. The summed E-state index contributed by atoms with van der Waals surface area (Å²) in [6.07, 6.45) is 3.29. The number of anilines is 1. The van der Waals surface area contributed by atoms with E-state index >= 15 is 0 Å². The van der Waals surface area contributed by atoms with Crippen LogP contribution in [0, 0.1) is 0 Å². The lowest BCUT2D eigenvalue weighted by molar-refractivity contribution is -0.118. The Morgan fingerprint density at radius 3 is 2.94 bits per heavy atom. The van der Waals surface area contributed by atoms with Gasteiger partial charge in [-0.15, -0.1) is 0 Å². The van der Waals surface area contributed by atoms with Gasteiger partial charge in [-0.1, -0.05) is 6.07 Å². The first kappa shape index (κ1) is 10.2. The minimum atomic E-state index is -0.635. The quantitative estimate of drug-likeness (QED) is 0.820. The largest absolute Gasteiger partial charge is 0.324 e. The molecule has 4 heteroatoms. The number of carbonyl (C=O) groups is 1. The van der Waals surface area contributed by atoms with Gasteiger partial charge in [-0.2, -0.15) is 0 Å². The normalized spacial score (nSPS) is 16.8. The van der Waals surface area contributed by atoms with Gasteiger partial charge in [0.2, 0.25) is 5.91 Å². The molecule has 1 aromatic carbocycles. The fourth-order valence-corrected chi connectivity index (χ4v) is 1.77. The van der Waals surface area contributed by atoms with Gasteiger partial charge in [0.15, 0.2) is 0 Å². The van der Waals surface area contributed by atoms with Crippen LogP contribution in [-0.2, 0) is 4.79 Å². The molecule has 1 saturated carbocycles. The molecule has 0 saturated heterocycles. The van der Waals surface area contributed by atoms with E-state index in [2.05, 4.69) is 10.3 Å². The lowest BCUT2D eigenvalue weighted by atomic mass is 10.2. The lowest BCUT2D eigenvalue weighted by Crippen LogP contribution is -2.37. The first-order chi connectivity index (χ1) is 8.17. The van der Waals surface area contributed by atoms with Crippen LogP contribution in [0.4, 0.5) is 5.69 Å². The number of benzene rings is 1. The third kappa shape index (κ3) is 1.87. The Balaban J connectivity index is 1.88. The molecule has 1 fully saturated rings. The molecule has 4 nitrogen and oxygen atoms in total. The molecule has 1 aromatic heterocycles. The highest BCUT2D eigenvalue weighted by Crippen LogP contribution is 2.33.